The van der Waals surface area contributed by atoms with Gasteiger partial charge in [-0.05, 0) is 30.7 Å². The SMILES string of the molecule is CC(CN(C)C(=O)CCCCCc1cccs1)C(=O)O. The number of carboxylic acid groups (broad SMARTS) is 1. The molecule has 0 aliphatic rings. The Kier molecular flexibility index (Phi) is 7.30. The second-order valence-electron chi connectivity index (χ2n) is 5.15. The summed E-state index contributed by atoms with van der Waals surface area (Å²) in [6, 6.07) is 4.19. The molecule has 0 aromatic carbocycles. The van der Waals surface area contributed by atoms with E-state index in [2.05, 4.69) is 17.5 Å². The summed E-state index contributed by atoms with van der Waals surface area (Å²) >= 11 is 1.77. The van der Waals surface area contributed by atoms with Crippen LogP contribution in [0.1, 0.15) is 37.5 Å². The minimum Gasteiger partial charge on any atom is -0.481 e. The Bertz CT molecular complexity index is 417. The summed E-state index contributed by atoms with van der Waals surface area (Å²) in [5.74, 6) is -1.34. The van der Waals surface area contributed by atoms with Crippen LogP contribution >= 0.6 is 11.3 Å². The number of nitrogens with zero attached hydrogens (tertiary/aromatic N) is 1. The van der Waals surface area contributed by atoms with Gasteiger partial charge in [0, 0.05) is 24.9 Å². The fourth-order valence-electron chi connectivity index (χ4n) is 1.99. The standard InChI is InChI=1S/C15H23NO3S/c1-12(15(18)19)11-16(2)14(17)9-5-3-4-7-13-8-6-10-20-13/h6,8,10,12H,3-5,7,9,11H2,1-2H3,(H,18,19). The summed E-state index contributed by atoms with van der Waals surface area (Å²) in [6.07, 6.45) is 4.59. The quantitative estimate of drug-likeness (QED) is 0.713. The highest BCUT2D eigenvalue weighted by molar-refractivity contribution is 7.09. The van der Waals surface area contributed by atoms with Crippen molar-refractivity contribution in [3.05, 3.63) is 22.4 Å². The van der Waals surface area contributed by atoms with Gasteiger partial charge in [-0.1, -0.05) is 19.4 Å². The lowest BCUT2D eigenvalue weighted by Crippen LogP contribution is -2.33. The number of amides is 1. The molecule has 0 aliphatic carbocycles. The Morgan fingerprint density at radius 1 is 1.35 bits per heavy atom. The van der Waals surface area contributed by atoms with E-state index < -0.39 is 11.9 Å². The molecule has 0 aliphatic heterocycles. The summed E-state index contributed by atoms with van der Waals surface area (Å²) in [5.41, 5.74) is 0. The number of carbonyl (C=O) groups excluding carboxylic acids is 1. The fraction of sp³-hybridized carbons (Fsp3) is 0.600. The summed E-state index contributed by atoms with van der Waals surface area (Å²) in [7, 11) is 1.67. The van der Waals surface area contributed by atoms with Crippen LogP contribution in [0, 0.1) is 5.92 Å². The van der Waals surface area contributed by atoms with E-state index >= 15 is 0 Å². The number of hydrogen-bond donors (Lipinski definition) is 1. The van der Waals surface area contributed by atoms with Gasteiger partial charge in [0.2, 0.25) is 5.91 Å². The third-order valence-corrected chi connectivity index (χ3v) is 4.23. The molecule has 0 fully saturated rings. The lowest BCUT2D eigenvalue weighted by atomic mass is 10.1. The van der Waals surface area contributed by atoms with Gasteiger partial charge in [-0.3, -0.25) is 9.59 Å². The van der Waals surface area contributed by atoms with Crippen LogP contribution in [0.25, 0.3) is 0 Å². The van der Waals surface area contributed by atoms with E-state index in [1.807, 2.05) is 0 Å². The van der Waals surface area contributed by atoms with Gasteiger partial charge in [0.05, 0.1) is 5.92 Å². The summed E-state index contributed by atoms with van der Waals surface area (Å²) in [4.78, 5) is 25.5. The normalized spacial score (nSPS) is 12.1. The third kappa shape index (κ3) is 6.19. The minimum atomic E-state index is -0.861. The van der Waals surface area contributed by atoms with E-state index in [0.717, 1.165) is 25.7 Å². The van der Waals surface area contributed by atoms with Crippen molar-refractivity contribution in [2.75, 3.05) is 13.6 Å². The van der Waals surface area contributed by atoms with Crippen LogP contribution in [0.2, 0.25) is 0 Å². The molecule has 5 heteroatoms. The molecule has 0 radical (unpaired) electrons. The van der Waals surface area contributed by atoms with E-state index in [4.69, 9.17) is 5.11 Å². The molecule has 0 bridgehead atoms. The maximum atomic E-state index is 11.8. The van der Waals surface area contributed by atoms with E-state index in [9.17, 15) is 9.59 Å². The number of aryl methyl sites for hydroxylation is 1. The van der Waals surface area contributed by atoms with E-state index in [-0.39, 0.29) is 12.5 Å². The third-order valence-electron chi connectivity index (χ3n) is 3.29. The summed E-state index contributed by atoms with van der Waals surface area (Å²) in [5, 5.41) is 10.9. The zero-order chi connectivity index (χ0) is 15.0. The van der Waals surface area contributed by atoms with Crippen molar-refractivity contribution in [3.8, 4) is 0 Å². The molecule has 1 amide bonds. The van der Waals surface area contributed by atoms with Gasteiger partial charge in [0.25, 0.3) is 0 Å². The molecule has 0 spiro atoms. The maximum absolute atomic E-state index is 11.8. The molecule has 20 heavy (non-hydrogen) atoms. The zero-order valence-electron chi connectivity index (χ0n) is 12.2. The molecule has 1 heterocycles. The first-order valence-corrected chi connectivity index (χ1v) is 7.88. The Balaban J connectivity index is 2.11. The van der Waals surface area contributed by atoms with Gasteiger partial charge < -0.3 is 10.0 Å². The van der Waals surface area contributed by atoms with Gasteiger partial charge >= 0.3 is 5.97 Å². The number of unbranched alkanes of at least 4 members (excludes halogenated alkanes) is 2. The zero-order valence-corrected chi connectivity index (χ0v) is 13.0. The molecule has 0 saturated heterocycles. The van der Waals surface area contributed by atoms with Gasteiger partial charge in [-0.15, -0.1) is 11.3 Å². The lowest BCUT2D eigenvalue weighted by Gasteiger charge is -2.19. The number of carboxylic acids is 1. The Labute approximate surface area is 124 Å². The number of aliphatic carboxylic acids is 1. The summed E-state index contributed by atoms with van der Waals surface area (Å²) < 4.78 is 0. The number of carbonyl (C=O) groups is 2. The number of rotatable bonds is 9. The molecular weight excluding hydrogens is 274 g/mol. The summed E-state index contributed by atoms with van der Waals surface area (Å²) in [6.45, 7) is 1.90. The first kappa shape index (κ1) is 16.7. The van der Waals surface area contributed by atoms with Crippen LogP contribution in [0.15, 0.2) is 17.5 Å². The van der Waals surface area contributed by atoms with E-state index in [1.165, 1.54) is 9.78 Å². The number of thiophene rings is 1. The Morgan fingerprint density at radius 3 is 2.70 bits per heavy atom. The fourth-order valence-corrected chi connectivity index (χ4v) is 2.74. The van der Waals surface area contributed by atoms with Crippen molar-refractivity contribution >= 4 is 23.2 Å². The first-order chi connectivity index (χ1) is 9.50. The molecule has 1 N–H and O–H groups in total. The Morgan fingerprint density at radius 2 is 2.10 bits per heavy atom. The smallest absolute Gasteiger partial charge is 0.308 e. The highest BCUT2D eigenvalue weighted by Gasteiger charge is 2.16. The molecule has 1 aromatic heterocycles. The van der Waals surface area contributed by atoms with Crippen molar-refractivity contribution < 1.29 is 14.7 Å². The molecule has 1 aromatic rings. The van der Waals surface area contributed by atoms with Crippen LogP contribution in [-0.4, -0.2) is 35.5 Å². The van der Waals surface area contributed by atoms with Crippen molar-refractivity contribution in [2.24, 2.45) is 5.92 Å². The second-order valence-corrected chi connectivity index (χ2v) is 6.19. The van der Waals surface area contributed by atoms with Crippen LogP contribution in [0.4, 0.5) is 0 Å². The minimum absolute atomic E-state index is 0.0363. The van der Waals surface area contributed by atoms with Crippen LogP contribution in [0.5, 0.6) is 0 Å². The molecule has 1 atom stereocenters. The maximum Gasteiger partial charge on any atom is 0.308 e. The molecule has 0 saturated carbocycles. The average molecular weight is 297 g/mol. The van der Waals surface area contributed by atoms with Gasteiger partial charge in [-0.25, -0.2) is 0 Å². The highest BCUT2D eigenvalue weighted by Crippen LogP contribution is 2.13. The van der Waals surface area contributed by atoms with Crippen LogP contribution < -0.4 is 0 Å². The van der Waals surface area contributed by atoms with E-state index in [1.54, 1.807) is 25.3 Å². The first-order valence-electron chi connectivity index (χ1n) is 7.00. The highest BCUT2D eigenvalue weighted by atomic mass is 32.1. The van der Waals surface area contributed by atoms with Crippen molar-refractivity contribution in [1.82, 2.24) is 4.90 Å². The Hall–Kier alpha value is -1.36. The van der Waals surface area contributed by atoms with E-state index in [0.29, 0.717) is 6.42 Å². The molecule has 1 rings (SSSR count). The number of hydrogen-bond acceptors (Lipinski definition) is 3. The predicted molar refractivity (Wildman–Crippen MR) is 80.9 cm³/mol. The molecule has 4 nitrogen and oxygen atoms in total. The van der Waals surface area contributed by atoms with Gasteiger partial charge in [0.1, 0.15) is 0 Å². The average Bonchev–Trinajstić information content (AvgIpc) is 2.90. The van der Waals surface area contributed by atoms with Crippen LogP contribution in [-0.2, 0) is 16.0 Å². The van der Waals surface area contributed by atoms with Crippen LogP contribution in [0.3, 0.4) is 0 Å². The van der Waals surface area contributed by atoms with Crippen molar-refractivity contribution in [1.29, 1.82) is 0 Å². The van der Waals surface area contributed by atoms with Gasteiger partial charge in [-0.2, -0.15) is 0 Å². The van der Waals surface area contributed by atoms with Gasteiger partial charge in [0.15, 0.2) is 0 Å². The lowest BCUT2D eigenvalue weighted by molar-refractivity contribution is -0.142. The molecular formula is C15H23NO3S. The van der Waals surface area contributed by atoms with Crippen molar-refractivity contribution in [2.45, 2.75) is 39.0 Å². The topological polar surface area (TPSA) is 57.6 Å². The predicted octanol–water partition coefficient (Wildman–Crippen LogP) is 3.03. The second kappa shape index (κ2) is 8.74. The largest absolute Gasteiger partial charge is 0.481 e. The monoisotopic (exact) mass is 297 g/mol. The molecule has 112 valence electrons. The van der Waals surface area contributed by atoms with Crippen molar-refractivity contribution in [3.63, 3.8) is 0 Å². The molecule has 1 unspecified atom stereocenters.